The van der Waals surface area contributed by atoms with Gasteiger partial charge in [-0.15, -0.1) is 0 Å². The fourth-order valence-corrected chi connectivity index (χ4v) is 3.21. The molecule has 0 spiro atoms. The summed E-state index contributed by atoms with van der Waals surface area (Å²) in [5, 5.41) is 0. The van der Waals surface area contributed by atoms with Crippen molar-refractivity contribution >= 4 is 5.91 Å². The molecule has 1 aliphatic carbocycles. The molecule has 1 unspecified atom stereocenters. The van der Waals surface area contributed by atoms with E-state index >= 15 is 0 Å². The molecule has 1 rings (SSSR count). The predicted molar refractivity (Wildman–Crippen MR) is 95.8 cm³/mol. The van der Waals surface area contributed by atoms with E-state index in [4.69, 9.17) is 0 Å². The Labute approximate surface area is 138 Å². The maximum Gasteiger partial charge on any atom is 0.227 e. The maximum atomic E-state index is 12.7. The monoisotopic (exact) mass is 307 g/mol. The Balaban J connectivity index is 2.61. The third-order valence-electron chi connectivity index (χ3n) is 4.76. The van der Waals surface area contributed by atoms with E-state index in [1.165, 1.54) is 24.8 Å². The molecule has 0 N–H and O–H groups in total. The van der Waals surface area contributed by atoms with Gasteiger partial charge in [-0.2, -0.15) is 0 Å². The van der Waals surface area contributed by atoms with Crippen molar-refractivity contribution < 1.29 is 4.79 Å². The summed E-state index contributed by atoms with van der Waals surface area (Å²) < 4.78 is 0. The molecule has 22 heavy (non-hydrogen) atoms. The molecule has 0 aromatic rings. The average molecular weight is 308 g/mol. The number of hydrogen-bond donors (Lipinski definition) is 0. The summed E-state index contributed by atoms with van der Waals surface area (Å²) >= 11 is 0. The molecule has 1 saturated carbocycles. The Morgan fingerprint density at radius 2 is 1.91 bits per heavy atom. The van der Waals surface area contributed by atoms with Gasteiger partial charge in [0, 0.05) is 18.5 Å². The van der Waals surface area contributed by atoms with Crippen LogP contribution in [0.3, 0.4) is 0 Å². The molecule has 0 saturated heterocycles. The van der Waals surface area contributed by atoms with Gasteiger partial charge in [-0.25, -0.2) is 0 Å². The standard InChI is InChI=1S/C20H37NO/c1-15(2)10-9-11-20(8)12-17(20)14-21(13-16(3)4)18(22)19(5,6)7/h10,16-17H,9,11-14H2,1-8H3/t17?,20-/m0/s1. The predicted octanol–water partition coefficient (Wildman–Crippen LogP) is 5.29. The summed E-state index contributed by atoms with van der Waals surface area (Å²) in [6, 6.07) is 0. The second-order valence-corrected chi connectivity index (χ2v) is 9.23. The lowest BCUT2D eigenvalue weighted by atomic mass is 9.93. The Kier molecular flexibility index (Phi) is 6.29. The number of carbonyl (C=O) groups excluding carboxylic acids is 1. The first kappa shape index (κ1) is 19.3. The Morgan fingerprint density at radius 1 is 1.32 bits per heavy atom. The molecule has 0 heterocycles. The summed E-state index contributed by atoms with van der Waals surface area (Å²) in [6.45, 7) is 19.0. The highest BCUT2D eigenvalue weighted by atomic mass is 16.2. The second-order valence-electron chi connectivity index (χ2n) is 9.23. The molecule has 2 heteroatoms. The fraction of sp³-hybridized carbons (Fsp3) is 0.850. The molecule has 0 aliphatic heterocycles. The third kappa shape index (κ3) is 5.78. The molecule has 0 aromatic carbocycles. The van der Waals surface area contributed by atoms with E-state index < -0.39 is 0 Å². The SMILES string of the molecule is CC(C)=CCC[C@@]1(C)CC1CN(CC(C)C)C(=O)C(C)(C)C. The minimum absolute atomic E-state index is 0.276. The van der Waals surface area contributed by atoms with Crippen LogP contribution in [0.5, 0.6) is 0 Å². The van der Waals surface area contributed by atoms with Crippen LogP contribution >= 0.6 is 0 Å². The van der Waals surface area contributed by atoms with E-state index in [2.05, 4.69) is 45.6 Å². The van der Waals surface area contributed by atoms with Gasteiger partial charge in [0.05, 0.1) is 0 Å². The van der Waals surface area contributed by atoms with E-state index in [9.17, 15) is 4.79 Å². The molecule has 128 valence electrons. The van der Waals surface area contributed by atoms with Crippen molar-refractivity contribution in [2.75, 3.05) is 13.1 Å². The Bertz CT molecular complexity index is 412. The van der Waals surface area contributed by atoms with Crippen LogP contribution in [0.15, 0.2) is 11.6 Å². The molecule has 1 fully saturated rings. The fourth-order valence-electron chi connectivity index (χ4n) is 3.21. The third-order valence-corrected chi connectivity index (χ3v) is 4.76. The van der Waals surface area contributed by atoms with Gasteiger partial charge < -0.3 is 4.90 Å². The molecule has 2 nitrogen and oxygen atoms in total. The van der Waals surface area contributed by atoms with Gasteiger partial charge in [0.15, 0.2) is 0 Å². The average Bonchev–Trinajstić information content (AvgIpc) is 2.95. The number of hydrogen-bond acceptors (Lipinski definition) is 1. The zero-order chi connectivity index (χ0) is 17.1. The summed E-state index contributed by atoms with van der Waals surface area (Å²) in [5.41, 5.74) is 1.58. The summed E-state index contributed by atoms with van der Waals surface area (Å²) in [6.07, 6.45) is 6.04. The topological polar surface area (TPSA) is 20.3 Å². The number of nitrogens with zero attached hydrogens (tertiary/aromatic N) is 1. The van der Waals surface area contributed by atoms with E-state index in [0.717, 1.165) is 13.1 Å². The zero-order valence-electron chi connectivity index (χ0n) is 16.1. The van der Waals surface area contributed by atoms with Gasteiger partial charge in [-0.05, 0) is 50.4 Å². The van der Waals surface area contributed by atoms with E-state index in [-0.39, 0.29) is 5.41 Å². The number of rotatable bonds is 7. The van der Waals surface area contributed by atoms with Gasteiger partial charge >= 0.3 is 0 Å². The van der Waals surface area contributed by atoms with Crippen LogP contribution in [-0.2, 0) is 4.79 Å². The zero-order valence-corrected chi connectivity index (χ0v) is 16.1. The molecule has 0 radical (unpaired) electrons. The van der Waals surface area contributed by atoms with Crippen molar-refractivity contribution in [3.05, 3.63) is 11.6 Å². The Morgan fingerprint density at radius 3 is 2.36 bits per heavy atom. The van der Waals surface area contributed by atoms with Crippen molar-refractivity contribution in [1.82, 2.24) is 4.90 Å². The highest BCUT2D eigenvalue weighted by Gasteiger charge is 2.50. The van der Waals surface area contributed by atoms with Crippen LogP contribution in [0.1, 0.15) is 74.7 Å². The smallest absolute Gasteiger partial charge is 0.227 e. The summed E-state index contributed by atoms with van der Waals surface area (Å²) in [5.74, 6) is 1.52. The largest absolute Gasteiger partial charge is 0.342 e. The summed E-state index contributed by atoms with van der Waals surface area (Å²) in [7, 11) is 0. The van der Waals surface area contributed by atoms with Gasteiger partial charge in [-0.3, -0.25) is 4.79 Å². The first-order valence-corrected chi connectivity index (χ1v) is 8.88. The first-order chi connectivity index (χ1) is 9.95. The minimum Gasteiger partial charge on any atom is -0.342 e. The molecule has 1 aliphatic rings. The van der Waals surface area contributed by atoms with Crippen molar-refractivity contribution in [3.63, 3.8) is 0 Å². The quantitative estimate of drug-likeness (QED) is 0.585. The van der Waals surface area contributed by atoms with Crippen LogP contribution in [-0.4, -0.2) is 23.9 Å². The van der Waals surface area contributed by atoms with Crippen molar-refractivity contribution in [2.45, 2.75) is 74.7 Å². The van der Waals surface area contributed by atoms with Crippen molar-refractivity contribution in [1.29, 1.82) is 0 Å². The van der Waals surface area contributed by atoms with Crippen LogP contribution < -0.4 is 0 Å². The summed E-state index contributed by atoms with van der Waals surface area (Å²) in [4.78, 5) is 14.8. The van der Waals surface area contributed by atoms with Crippen LogP contribution in [0.2, 0.25) is 0 Å². The van der Waals surface area contributed by atoms with E-state index in [1.807, 2.05) is 20.8 Å². The number of carbonyl (C=O) groups is 1. The van der Waals surface area contributed by atoms with E-state index in [0.29, 0.717) is 23.2 Å². The van der Waals surface area contributed by atoms with E-state index in [1.54, 1.807) is 0 Å². The lowest BCUT2D eigenvalue weighted by molar-refractivity contribution is -0.140. The molecule has 2 atom stereocenters. The van der Waals surface area contributed by atoms with Crippen LogP contribution in [0.25, 0.3) is 0 Å². The van der Waals surface area contributed by atoms with Gasteiger partial charge in [-0.1, -0.05) is 53.2 Å². The molecule has 1 amide bonds. The lowest BCUT2D eigenvalue weighted by Crippen LogP contribution is -2.43. The molecule has 0 bridgehead atoms. The number of amides is 1. The molecular weight excluding hydrogens is 270 g/mol. The van der Waals surface area contributed by atoms with Gasteiger partial charge in [0.1, 0.15) is 0 Å². The van der Waals surface area contributed by atoms with Gasteiger partial charge in [0.25, 0.3) is 0 Å². The molecular formula is C20H37NO. The van der Waals surface area contributed by atoms with Crippen molar-refractivity contribution in [2.24, 2.45) is 22.7 Å². The highest BCUT2D eigenvalue weighted by Crippen LogP contribution is 2.56. The maximum absolute atomic E-state index is 12.7. The Hall–Kier alpha value is -0.790. The second kappa shape index (κ2) is 7.19. The highest BCUT2D eigenvalue weighted by molar-refractivity contribution is 5.81. The normalized spacial score (nSPS) is 24.3. The molecule has 0 aromatic heterocycles. The van der Waals surface area contributed by atoms with Crippen molar-refractivity contribution in [3.8, 4) is 0 Å². The van der Waals surface area contributed by atoms with Crippen LogP contribution in [0, 0.1) is 22.7 Å². The first-order valence-electron chi connectivity index (χ1n) is 8.88. The number of allylic oxidation sites excluding steroid dienone is 2. The van der Waals surface area contributed by atoms with Gasteiger partial charge in [0.2, 0.25) is 5.91 Å². The lowest BCUT2D eigenvalue weighted by Gasteiger charge is -2.31. The van der Waals surface area contributed by atoms with Crippen LogP contribution in [0.4, 0.5) is 0 Å². The minimum atomic E-state index is -0.276.